The maximum Gasteiger partial charge on any atom is 0.471 e. The Bertz CT molecular complexity index is 1670. The average molecular weight is 624 g/mol. The second kappa shape index (κ2) is 11.8. The highest BCUT2D eigenvalue weighted by Gasteiger charge is 2.45. The van der Waals surface area contributed by atoms with Gasteiger partial charge in [-0.15, -0.1) is 0 Å². The van der Waals surface area contributed by atoms with E-state index < -0.39 is 35.7 Å². The molecule has 45 heavy (non-hydrogen) atoms. The first kappa shape index (κ1) is 32.0. The molecule has 0 saturated carbocycles. The van der Waals surface area contributed by atoms with Gasteiger partial charge >= 0.3 is 18.1 Å². The Morgan fingerprint density at radius 2 is 1.78 bits per heavy atom. The molecule has 3 aromatic rings. The van der Waals surface area contributed by atoms with Crippen molar-refractivity contribution < 1.29 is 37.0 Å². The van der Waals surface area contributed by atoms with Gasteiger partial charge in [0.2, 0.25) is 0 Å². The summed E-state index contributed by atoms with van der Waals surface area (Å²) < 4.78 is 59.7. The van der Waals surface area contributed by atoms with Crippen LogP contribution < -0.4 is 14.4 Å². The lowest BCUT2D eigenvalue weighted by molar-refractivity contribution is -0.170. The monoisotopic (exact) mass is 623 g/mol. The molecule has 8 nitrogen and oxygen atoms in total. The third kappa shape index (κ3) is 6.53. The van der Waals surface area contributed by atoms with Crippen LogP contribution in [0.25, 0.3) is 0 Å². The summed E-state index contributed by atoms with van der Waals surface area (Å²) in [5.41, 5.74) is 2.27. The fourth-order valence-electron chi connectivity index (χ4n) is 5.90. The highest BCUT2D eigenvalue weighted by atomic mass is 19.4. The average Bonchev–Trinajstić information content (AvgIpc) is 3.29. The number of esters is 1. The lowest BCUT2D eigenvalue weighted by Gasteiger charge is -2.32. The minimum absolute atomic E-state index is 0.00809. The number of aromatic nitrogens is 1. The first-order valence-electron chi connectivity index (χ1n) is 14.8. The van der Waals surface area contributed by atoms with Gasteiger partial charge in [0, 0.05) is 29.3 Å². The van der Waals surface area contributed by atoms with Gasteiger partial charge in [0.15, 0.2) is 11.5 Å². The maximum absolute atomic E-state index is 14.1. The molecule has 1 amide bonds. The molecular weight excluding hydrogens is 587 g/mol. The fourth-order valence-corrected chi connectivity index (χ4v) is 5.90. The molecule has 0 saturated heterocycles. The van der Waals surface area contributed by atoms with Crippen LogP contribution in [0.4, 0.5) is 18.9 Å². The van der Waals surface area contributed by atoms with Crippen LogP contribution >= 0.6 is 0 Å². The lowest BCUT2D eigenvalue weighted by atomic mass is 9.80. The Labute approximate surface area is 260 Å². The number of alkyl halides is 3. The summed E-state index contributed by atoms with van der Waals surface area (Å²) in [5, 5.41) is 0. The summed E-state index contributed by atoms with van der Waals surface area (Å²) >= 11 is 0. The van der Waals surface area contributed by atoms with Crippen molar-refractivity contribution in [3.8, 4) is 11.5 Å². The van der Waals surface area contributed by atoms with Crippen molar-refractivity contribution in [2.75, 3.05) is 18.1 Å². The zero-order chi connectivity index (χ0) is 32.7. The van der Waals surface area contributed by atoms with Crippen LogP contribution in [0.1, 0.15) is 79.8 Å². The van der Waals surface area contributed by atoms with E-state index in [0.717, 1.165) is 16.7 Å². The van der Waals surface area contributed by atoms with E-state index >= 15 is 0 Å². The van der Waals surface area contributed by atoms with E-state index in [2.05, 4.69) is 4.98 Å². The summed E-state index contributed by atoms with van der Waals surface area (Å²) in [7, 11) is 0. The lowest BCUT2D eigenvalue weighted by Crippen LogP contribution is -2.42. The zero-order valence-electron chi connectivity index (χ0n) is 26.2. The molecule has 238 valence electrons. The first-order valence-corrected chi connectivity index (χ1v) is 14.8. The van der Waals surface area contributed by atoms with Crippen molar-refractivity contribution in [1.82, 2.24) is 4.98 Å². The molecule has 2 aliphatic heterocycles. The second-order valence-corrected chi connectivity index (χ2v) is 12.3. The van der Waals surface area contributed by atoms with Gasteiger partial charge in [0.1, 0.15) is 5.60 Å². The minimum Gasteiger partial charge on any atom is -0.490 e. The minimum atomic E-state index is -5.23. The number of carbonyl (C=O) groups excluding carboxylic acids is 2. The van der Waals surface area contributed by atoms with E-state index in [-0.39, 0.29) is 23.6 Å². The van der Waals surface area contributed by atoms with Crippen molar-refractivity contribution >= 4 is 23.3 Å². The Morgan fingerprint density at radius 1 is 1.02 bits per heavy atom. The van der Waals surface area contributed by atoms with Crippen LogP contribution in [0.15, 0.2) is 53.7 Å². The van der Waals surface area contributed by atoms with E-state index in [1.165, 1.54) is 24.4 Å². The number of nitrogens with zero attached hydrogens (tertiary/aromatic N) is 3. The Hall–Kier alpha value is -4.41. The van der Waals surface area contributed by atoms with Gasteiger partial charge in [-0.2, -0.15) is 13.2 Å². The molecule has 5 rings (SSSR count). The molecule has 0 aliphatic carbocycles. The van der Waals surface area contributed by atoms with Gasteiger partial charge in [0.05, 0.1) is 48.0 Å². The van der Waals surface area contributed by atoms with Gasteiger partial charge in [-0.25, -0.2) is 4.79 Å². The van der Waals surface area contributed by atoms with Gasteiger partial charge in [-0.05, 0) is 83.9 Å². The molecule has 1 aromatic heterocycles. The van der Waals surface area contributed by atoms with E-state index in [1.54, 1.807) is 25.1 Å². The molecule has 2 aromatic carbocycles. The number of hydrogen-bond acceptors (Lipinski definition) is 7. The highest BCUT2D eigenvalue weighted by molar-refractivity contribution is 6.17. The molecule has 0 N–H and O–H groups in total. The molecule has 3 heterocycles. The molecular formula is C34H36F3N3O5. The van der Waals surface area contributed by atoms with Crippen LogP contribution in [0.2, 0.25) is 0 Å². The summed E-state index contributed by atoms with van der Waals surface area (Å²) in [6.45, 7) is 11.3. The molecule has 0 unspecified atom stereocenters. The van der Waals surface area contributed by atoms with E-state index in [1.807, 2.05) is 40.7 Å². The predicted octanol–water partition coefficient (Wildman–Crippen LogP) is 6.64. The van der Waals surface area contributed by atoms with E-state index in [0.29, 0.717) is 47.1 Å². The number of benzene rings is 2. The maximum atomic E-state index is 14.1. The molecule has 0 fully saturated rings. The normalized spacial score (nSPS) is 16.2. The SMILES string of the molecule is CCOC(=O)c1ccc(C2=NC(C)(C)Cc3cc(OCC)c4c(c32)CC(C)(C)O4)cc1N(Cc1ccccn1)C(=O)C(F)(F)F. The number of rotatable bonds is 8. The standard InChI is InChI=1S/C34H36F3N3O5/c1-7-43-26-16-21-17-32(3,4)39-28(27(21)24-18-33(5,6)45-29(24)26)20-12-13-23(30(41)44-8-2)25(15-20)40(31(42)34(35,36)37)19-22-11-9-10-14-38-22/h9-16H,7-8,17-19H2,1-6H3. The van der Waals surface area contributed by atoms with Crippen molar-refractivity contribution in [2.45, 2.75) is 78.2 Å². The zero-order valence-corrected chi connectivity index (χ0v) is 26.2. The predicted molar refractivity (Wildman–Crippen MR) is 163 cm³/mol. The number of fused-ring (bicyclic) bond motifs is 3. The highest BCUT2D eigenvalue weighted by Crippen LogP contribution is 2.48. The quantitative estimate of drug-likeness (QED) is 0.262. The van der Waals surface area contributed by atoms with E-state index in [9.17, 15) is 22.8 Å². The van der Waals surface area contributed by atoms with Crippen molar-refractivity contribution in [1.29, 1.82) is 0 Å². The number of amides is 1. The van der Waals surface area contributed by atoms with Crippen LogP contribution in [-0.4, -0.2) is 53.1 Å². The molecule has 0 spiro atoms. The van der Waals surface area contributed by atoms with Crippen LogP contribution in [0.5, 0.6) is 11.5 Å². The molecule has 0 bridgehead atoms. The van der Waals surface area contributed by atoms with Gasteiger partial charge in [-0.1, -0.05) is 12.1 Å². The third-order valence-corrected chi connectivity index (χ3v) is 7.57. The first-order chi connectivity index (χ1) is 21.1. The third-order valence-electron chi connectivity index (χ3n) is 7.57. The number of ether oxygens (including phenoxy) is 3. The molecule has 11 heteroatoms. The van der Waals surface area contributed by atoms with Crippen molar-refractivity contribution in [3.05, 3.63) is 82.2 Å². The topological polar surface area (TPSA) is 90.3 Å². The number of carbonyl (C=O) groups is 2. The smallest absolute Gasteiger partial charge is 0.471 e. The van der Waals surface area contributed by atoms with Gasteiger partial charge < -0.3 is 14.2 Å². The largest absolute Gasteiger partial charge is 0.490 e. The molecule has 2 aliphatic rings. The fraction of sp³-hybridized carbons (Fsp3) is 0.412. The second-order valence-electron chi connectivity index (χ2n) is 12.3. The number of aliphatic imine (C=N–C) groups is 1. The number of halogens is 3. The van der Waals surface area contributed by atoms with Crippen LogP contribution in [-0.2, 0) is 28.9 Å². The van der Waals surface area contributed by atoms with Gasteiger partial charge in [0.25, 0.3) is 0 Å². The van der Waals surface area contributed by atoms with Crippen molar-refractivity contribution in [3.63, 3.8) is 0 Å². The number of hydrogen-bond donors (Lipinski definition) is 0. The van der Waals surface area contributed by atoms with E-state index in [4.69, 9.17) is 19.2 Å². The summed E-state index contributed by atoms with van der Waals surface area (Å²) in [5.74, 6) is -1.76. The van der Waals surface area contributed by atoms with Crippen molar-refractivity contribution in [2.24, 2.45) is 4.99 Å². The summed E-state index contributed by atoms with van der Waals surface area (Å²) in [6.07, 6.45) is -2.67. The Kier molecular flexibility index (Phi) is 8.41. The molecule has 0 radical (unpaired) electrons. The van der Waals surface area contributed by atoms with Crippen LogP contribution in [0.3, 0.4) is 0 Å². The summed E-state index contributed by atoms with van der Waals surface area (Å²) in [4.78, 5) is 35.8. The number of pyridine rings is 1. The number of anilines is 1. The van der Waals surface area contributed by atoms with Crippen LogP contribution in [0, 0.1) is 0 Å². The Morgan fingerprint density at radius 3 is 2.42 bits per heavy atom. The Balaban J connectivity index is 1.75. The summed E-state index contributed by atoms with van der Waals surface area (Å²) in [6, 6.07) is 11.1. The molecule has 0 atom stereocenters. The van der Waals surface area contributed by atoms with Gasteiger partial charge in [-0.3, -0.25) is 19.7 Å².